The third-order valence-electron chi connectivity index (χ3n) is 4.13. The van der Waals surface area contributed by atoms with Gasteiger partial charge in [0.05, 0.1) is 10.0 Å². The van der Waals surface area contributed by atoms with Gasteiger partial charge in [-0.3, -0.25) is 0 Å². The second kappa shape index (κ2) is 5.07. The second-order valence-corrected chi connectivity index (χ2v) is 6.33. The third kappa shape index (κ3) is 2.19. The predicted molar refractivity (Wildman–Crippen MR) is 77.0 cm³/mol. The van der Waals surface area contributed by atoms with Crippen LogP contribution in [0, 0.1) is 5.92 Å². The standard InChI is InChI=1S/C13H15Cl3N2/c14-9-7-10(15)13(17-12(9)16)18-6-2-4-8-3-1-5-11(8)18/h7-8,11H,1-6H2. The Hall–Kier alpha value is -0.180. The molecule has 1 aromatic heterocycles. The molecule has 98 valence electrons. The molecule has 2 aliphatic rings. The number of aromatic nitrogens is 1. The average Bonchev–Trinajstić information content (AvgIpc) is 2.82. The van der Waals surface area contributed by atoms with Crippen LogP contribution < -0.4 is 4.90 Å². The Morgan fingerprint density at radius 1 is 1.06 bits per heavy atom. The molecule has 0 aromatic carbocycles. The van der Waals surface area contributed by atoms with Crippen LogP contribution in [0.5, 0.6) is 0 Å². The molecule has 1 aromatic rings. The summed E-state index contributed by atoms with van der Waals surface area (Å²) < 4.78 is 0. The summed E-state index contributed by atoms with van der Waals surface area (Å²) in [6.45, 7) is 1.02. The van der Waals surface area contributed by atoms with Crippen molar-refractivity contribution in [3.8, 4) is 0 Å². The Morgan fingerprint density at radius 3 is 2.67 bits per heavy atom. The highest BCUT2D eigenvalue weighted by Crippen LogP contribution is 2.41. The van der Waals surface area contributed by atoms with Gasteiger partial charge in [-0.2, -0.15) is 0 Å². The molecule has 2 fully saturated rings. The minimum atomic E-state index is 0.344. The highest BCUT2D eigenvalue weighted by atomic mass is 35.5. The zero-order valence-electron chi connectivity index (χ0n) is 10.0. The molecule has 0 amide bonds. The van der Waals surface area contributed by atoms with Crippen molar-refractivity contribution in [2.45, 2.75) is 38.1 Å². The molecular formula is C13H15Cl3N2. The highest BCUT2D eigenvalue weighted by molar-refractivity contribution is 6.42. The Kier molecular flexibility index (Phi) is 3.61. The summed E-state index contributed by atoms with van der Waals surface area (Å²) in [5, 5.41) is 1.37. The summed E-state index contributed by atoms with van der Waals surface area (Å²) in [5.74, 6) is 1.61. The van der Waals surface area contributed by atoms with Gasteiger partial charge < -0.3 is 4.90 Å². The number of piperidine rings is 1. The maximum Gasteiger partial charge on any atom is 0.150 e. The first kappa shape index (κ1) is 12.8. The lowest BCUT2D eigenvalue weighted by molar-refractivity contribution is 0.360. The van der Waals surface area contributed by atoms with Crippen molar-refractivity contribution in [2.75, 3.05) is 11.4 Å². The number of fused-ring (bicyclic) bond motifs is 1. The second-order valence-electron chi connectivity index (χ2n) is 5.16. The molecule has 2 atom stereocenters. The van der Waals surface area contributed by atoms with Crippen LogP contribution in [-0.4, -0.2) is 17.6 Å². The average molecular weight is 306 g/mol. The van der Waals surface area contributed by atoms with E-state index in [1.807, 2.05) is 0 Å². The Bertz CT molecular complexity index is 464. The number of nitrogens with zero attached hydrogens (tertiary/aromatic N) is 2. The summed E-state index contributed by atoms with van der Waals surface area (Å²) in [5.41, 5.74) is 0. The van der Waals surface area contributed by atoms with Gasteiger partial charge in [0.25, 0.3) is 0 Å². The van der Waals surface area contributed by atoms with Crippen LogP contribution in [0.2, 0.25) is 15.2 Å². The van der Waals surface area contributed by atoms with Crippen LogP contribution in [-0.2, 0) is 0 Å². The lowest BCUT2D eigenvalue weighted by atomic mass is 9.92. The predicted octanol–water partition coefficient (Wildman–Crippen LogP) is 4.81. The Morgan fingerprint density at radius 2 is 1.83 bits per heavy atom. The van der Waals surface area contributed by atoms with E-state index >= 15 is 0 Å². The number of hydrogen-bond donors (Lipinski definition) is 0. The minimum Gasteiger partial charge on any atom is -0.352 e. The summed E-state index contributed by atoms with van der Waals surface area (Å²) in [4.78, 5) is 6.72. The lowest BCUT2D eigenvalue weighted by Gasteiger charge is -2.39. The van der Waals surface area contributed by atoms with Crippen LogP contribution >= 0.6 is 34.8 Å². The molecule has 2 unspecified atom stereocenters. The molecule has 0 N–H and O–H groups in total. The van der Waals surface area contributed by atoms with Gasteiger partial charge in [-0.1, -0.05) is 41.2 Å². The molecule has 3 rings (SSSR count). The number of pyridine rings is 1. The maximum atomic E-state index is 6.28. The molecule has 1 aliphatic heterocycles. The van der Waals surface area contributed by atoms with E-state index in [0.29, 0.717) is 21.2 Å². The van der Waals surface area contributed by atoms with Crippen LogP contribution in [0.1, 0.15) is 32.1 Å². The van der Waals surface area contributed by atoms with Crippen molar-refractivity contribution in [1.29, 1.82) is 0 Å². The molecule has 0 radical (unpaired) electrons. The molecule has 18 heavy (non-hydrogen) atoms. The fourth-order valence-electron chi connectivity index (χ4n) is 3.35. The van der Waals surface area contributed by atoms with Crippen molar-refractivity contribution >= 4 is 40.6 Å². The van der Waals surface area contributed by atoms with E-state index in [0.717, 1.165) is 18.3 Å². The maximum absolute atomic E-state index is 6.28. The first-order valence-corrected chi connectivity index (χ1v) is 7.58. The fourth-order valence-corrected chi connectivity index (χ4v) is 3.96. The molecule has 1 aliphatic carbocycles. The Balaban J connectivity index is 1.96. The lowest BCUT2D eigenvalue weighted by Crippen LogP contribution is -2.43. The van der Waals surface area contributed by atoms with Crippen molar-refractivity contribution < 1.29 is 0 Å². The van der Waals surface area contributed by atoms with E-state index in [2.05, 4.69) is 9.88 Å². The Labute approximate surface area is 122 Å². The zero-order valence-corrected chi connectivity index (χ0v) is 12.3. The van der Waals surface area contributed by atoms with E-state index in [4.69, 9.17) is 34.8 Å². The van der Waals surface area contributed by atoms with E-state index in [-0.39, 0.29) is 0 Å². The van der Waals surface area contributed by atoms with Gasteiger partial charge in [-0.05, 0) is 37.7 Å². The van der Waals surface area contributed by atoms with Crippen LogP contribution in [0.15, 0.2) is 6.07 Å². The smallest absolute Gasteiger partial charge is 0.150 e. The largest absolute Gasteiger partial charge is 0.352 e. The number of hydrogen-bond acceptors (Lipinski definition) is 2. The monoisotopic (exact) mass is 304 g/mol. The molecule has 0 bridgehead atoms. The van der Waals surface area contributed by atoms with Gasteiger partial charge in [-0.25, -0.2) is 4.98 Å². The fraction of sp³-hybridized carbons (Fsp3) is 0.615. The quantitative estimate of drug-likeness (QED) is 0.692. The first-order valence-electron chi connectivity index (χ1n) is 6.45. The highest BCUT2D eigenvalue weighted by Gasteiger charge is 2.36. The third-order valence-corrected chi connectivity index (χ3v) is 5.08. The minimum absolute atomic E-state index is 0.344. The molecule has 2 nitrogen and oxygen atoms in total. The van der Waals surface area contributed by atoms with Crippen LogP contribution in [0.4, 0.5) is 5.82 Å². The normalized spacial score (nSPS) is 27.4. The molecule has 5 heteroatoms. The topological polar surface area (TPSA) is 16.1 Å². The number of anilines is 1. The number of rotatable bonds is 1. The zero-order chi connectivity index (χ0) is 12.7. The van der Waals surface area contributed by atoms with Crippen LogP contribution in [0.25, 0.3) is 0 Å². The molecule has 1 saturated carbocycles. The van der Waals surface area contributed by atoms with Gasteiger partial charge in [0.15, 0.2) is 0 Å². The van der Waals surface area contributed by atoms with Gasteiger partial charge in [0, 0.05) is 12.6 Å². The van der Waals surface area contributed by atoms with Crippen molar-refractivity contribution in [1.82, 2.24) is 4.98 Å². The summed E-state index contributed by atoms with van der Waals surface area (Å²) in [7, 11) is 0. The van der Waals surface area contributed by atoms with E-state index < -0.39 is 0 Å². The van der Waals surface area contributed by atoms with Crippen LogP contribution in [0.3, 0.4) is 0 Å². The molecule has 2 heterocycles. The summed E-state index contributed by atoms with van der Waals surface area (Å²) in [6, 6.07) is 2.28. The molecule has 0 spiro atoms. The van der Waals surface area contributed by atoms with Gasteiger partial charge in [0.2, 0.25) is 0 Å². The van der Waals surface area contributed by atoms with Crippen molar-refractivity contribution in [3.05, 3.63) is 21.3 Å². The van der Waals surface area contributed by atoms with E-state index in [9.17, 15) is 0 Å². The molecular weight excluding hydrogens is 291 g/mol. The van der Waals surface area contributed by atoms with E-state index in [1.54, 1.807) is 6.07 Å². The first-order chi connectivity index (χ1) is 8.66. The van der Waals surface area contributed by atoms with E-state index in [1.165, 1.54) is 32.1 Å². The summed E-state index contributed by atoms with van der Waals surface area (Å²) >= 11 is 18.2. The number of halogens is 3. The summed E-state index contributed by atoms with van der Waals surface area (Å²) in [6.07, 6.45) is 6.42. The van der Waals surface area contributed by atoms with Crippen molar-refractivity contribution in [2.24, 2.45) is 5.92 Å². The van der Waals surface area contributed by atoms with Gasteiger partial charge in [0.1, 0.15) is 11.0 Å². The SMILES string of the molecule is Clc1cc(Cl)c(N2CCCC3CCCC32)nc1Cl. The van der Waals surface area contributed by atoms with Gasteiger partial charge in [-0.15, -0.1) is 0 Å². The molecule has 1 saturated heterocycles. The van der Waals surface area contributed by atoms with Crippen molar-refractivity contribution in [3.63, 3.8) is 0 Å². The van der Waals surface area contributed by atoms with Gasteiger partial charge >= 0.3 is 0 Å².